The van der Waals surface area contributed by atoms with Crippen molar-refractivity contribution in [1.29, 1.82) is 0 Å². The molecule has 5 rings (SSSR count). The van der Waals surface area contributed by atoms with Crippen molar-refractivity contribution in [1.82, 2.24) is 4.90 Å². The summed E-state index contributed by atoms with van der Waals surface area (Å²) in [5.41, 5.74) is 0.475. The van der Waals surface area contributed by atoms with E-state index in [-0.39, 0.29) is 11.9 Å². The van der Waals surface area contributed by atoms with Crippen molar-refractivity contribution in [3.63, 3.8) is 0 Å². The van der Waals surface area contributed by atoms with Gasteiger partial charge >= 0.3 is 0 Å². The van der Waals surface area contributed by atoms with Crippen LogP contribution in [0.4, 0.5) is 5.69 Å². The molecule has 4 nitrogen and oxygen atoms in total. The molecule has 0 spiro atoms. The van der Waals surface area contributed by atoms with Gasteiger partial charge in [0.25, 0.3) is 5.91 Å². The Morgan fingerprint density at radius 2 is 1.86 bits per heavy atom. The van der Waals surface area contributed by atoms with Crippen molar-refractivity contribution < 1.29 is 9.90 Å². The smallest absolute Gasteiger partial charge is 0.277 e. The first-order chi connectivity index (χ1) is 13.5. The zero-order chi connectivity index (χ0) is 19.4. The molecule has 0 radical (unpaired) electrons. The number of nitrogens with zero attached hydrogens (tertiary/aromatic N) is 1. The summed E-state index contributed by atoms with van der Waals surface area (Å²) < 4.78 is 0. The van der Waals surface area contributed by atoms with Gasteiger partial charge in [-0.2, -0.15) is 0 Å². The quantitative estimate of drug-likeness (QED) is 0.820. The van der Waals surface area contributed by atoms with Gasteiger partial charge in [-0.05, 0) is 48.6 Å². The Hall–Kier alpha value is -2.04. The maximum Gasteiger partial charge on any atom is 0.277 e. The summed E-state index contributed by atoms with van der Waals surface area (Å²) in [6.45, 7) is 0.516. The molecule has 0 aromatic heterocycles. The average Bonchev–Trinajstić information content (AvgIpc) is 3.08. The third-order valence-electron chi connectivity index (χ3n) is 6.88. The number of rotatable bonds is 3. The lowest BCUT2D eigenvalue weighted by atomic mass is 9.72. The maximum atomic E-state index is 13.5. The predicted molar refractivity (Wildman–Crippen MR) is 110 cm³/mol. The number of anilines is 1. The molecule has 2 aromatic carbocycles. The van der Waals surface area contributed by atoms with Crippen molar-refractivity contribution in [2.45, 2.75) is 55.7 Å². The highest BCUT2D eigenvalue weighted by molar-refractivity contribution is 6.30. The molecule has 2 N–H and O–H groups in total. The first-order valence-electron chi connectivity index (χ1n) is 10.2. The van der Waals surface area contributed by atoms with Crippen LogP contribution in [0.5, 0.6) is 0 Å². The number of fused-ring (bicyclic) bond motifs is 3. The Bertz CT molecular complexity index is 912. The number of aliphatic hydroxyl groups is 1. The normalized spacial score (nSPS) is 29.5. The van der Waals surface area contributed by atoms with Crippen LogP contribution in [0, 0.1) is 0 Å². The molecule has 1 saturated heterocycles. The summed E-state index contributed by atoms with van der Waals surface area (Å²) >= 11 is 6.34. The first kappa shape index (κ1) is 18.0. The largest absolute Gasteiger partial charge is 0.362 e. The molecule has 28 heavy (non-hydrogen) atoms. The molecule has 0 bridgehead atoms. The minimum Gasteiger partial charge on any atom is -0.362 e. The van der Waals surface area contributed by atoms with E-state index in [1.165, 1.54) is 6.42 Å². The van der Waals surface area contributed by atoms with Gasteiger partial charge < -0.3 is 15.3 Å². The summed E-state index contributed by atoms with van der Waals surface area (Å²) in [6, 6.07) is 15.9. The highest BCUT2D eigenvalue weighted by atomic mass is 35.5. The van der Waals surface area contributed by atoms with Crippen LogP contribution in [0.2, 0.25) is 5.02 Å². The summed E-state index contributed by atoms with van der Waals surface area (Å²) in [7, 11) is 0. The number of benzene rings is 2. The minimum absolute atomic E-state index is 0.192. The lowest BCUT2D eigenvalue weighted by Gasteiger charge is -2.34. The number of amides is 1. The first-order valence-corrected chi connectivity index (χ1v) is 10.6. The fraction of sp³-hybridized carbons (Fsp3) is 0.435. The van der Waals surface area contributed by atoms with Gasteiger partial charge in [-0.15, -0.1) is 0 Å². The lowest BCUT2D eigenvalue weighted by Crippen LogP contribution is -2.55. The Morgan fingerprint density at radius 3 is 2.61 bits per heavy atom. The molecule has 1 saturated carbocycles. The topological polar surface area (TPSA) is 52.6 Å². The molecule has 5 heteroatoms. The number of halogens is 1. The number of likely N-dealkylation sites (tertiary alicyclic amines) is 1. The third kappa shape index (κ3) is 2.51. The molecule has 2 fully saturated rings. The number of hydrogen-bond acceptors (Lipinski definition) is 3. The van der Waals surface area contributed by atoms with Gasteiger partial charge in [0.2, 0.25) is 5.72 Å². The van der Waals surface area contributed by atoms with Crippen LogP contribution in [-0.4, -0.2) is 34.2 Å². The SMILES string of the molecule is O=C1N(C2CCCCC2)C[C@@]2(Cc3ccccc3)c3cc(Cl)ccc3N[C@]12O. The monoisotopic (exact) mass is 396 g/mol. The number of carbonyl (C=O) groups is 1. The fourth-order valence-corrected chi connectivity index (χ4v) is 5.64. The van der Waals surface area contributed by atoms with Crippen LogP contribution < -0.4 is 5.32 Å². The Morgan fingerprint density at radius 1 is 1.11 bits per heavy atom. The fourth-order valence-electron chi connectivity index (χ4n) is 5.47. The molecule has 3 aliphatic rings. The van der Waals surface area contributed by atoms with E-state index in [1.807, 2.05) is 35.2 Å². The summed E-state index contributed by atoms with van der Waals surface area (Å²) in [5, 5.41) is 15.6. The van der Waals surface area contributed by atoms with Crippen LogP contribution in [0.3, 0.4) is 0 Å². The van der Waals surface area contributed by atoms with E-state index in [4.69, 9.17) is 11.6 Å². The van der Waals surface area contributed by atoms with E-state index in [2.05, 4.69) is 17.4 Å². The predicted octanol–water partition coefficient (Wildman–Crippen LogP) is 4.11. The van der Waals surface area contributed by atoms with Crippen LogP contribution in [0.15, 0.2) is 48.5 Å². The van der Waals surface area contributed by atoms with Crippen molar-refractivity contribution >= 4 is 23.2 Å². The van der Waals surface area contributed by atoms with Crippen LogP contribution in [0.25, 0.3) is 0 Å². The maximum absolute atomic E-state index is 13.5. The second kappa shape index (κ2) is 6.50. The number of hydrogen-bond donors (Lipinski definition) is 2. The average molecular weight is 397 g/mol. The zero-order valence-corrected chi connectivity index (χ0v) is 16.6. The van der Waals surface area contributed by atoms with Gasteiger partial charge in [0, 0.05) is 23.3 Å². The molecule has 2 atom stereocenters. The van der Waals surface area contributed by atoms with E-state index < -0.39 is 11.1 Å². The van der Waals surface area contributed by atoms with Gasteiger partial charge in [0.15, 0.2) is 0 Å². The van der Waals surface area contributed by atoms with Gasteiger partial charge in [-0.1, -0.05) is 61.2 Å². The van der Waals surface area contributed by atoms with Crippen molar-refractivity contribution in [3.05, 3.63) is 64.7 Å². The second-order valence-corrected chi connectivity index (χ2v) is 8.93. The molecule has 2 heterocycles. The van der Waals surface area contributed by atoms with E-state index in [1.54, 1.807) is 6.07 Å². The highest BCUT2D eigenvalue weighted by Crippen LogP contribution is 2.54. The molecule has 1 amide bonds. The van der Waals surface area contributed by atoms with Crippen molar-refractivity contribution in [2.75, 3.05) is 11.9 Å². The third-order valence-corrected chi connectivity index (χ3v) is 7.12. The van der Waals surface area contributed by atoms with Gasteiger partial charge in [-0.25, -0.2) is 0 Å². The molecule has 146 valence electrons. The Kier molecular flexibility index (Phi) is 4.18. The van der Waals surface area contributed by atoms with Gasteiger partial charge in [0.1, 0.15) is 0 Å². The van der Waals surface area contributed by atoms with E-state index in [0.717, 1.165) is 42.5 Å². The molecule has 0 unspecified atom stereocenters. The molecular formula is C23H25ClN2O2. The number of carbonyl (C=O) groups excluding carboxylic acids is 1. The standard InChI is InChI=1S/C23H25ClN2O2/c24-17-11-12-20-19(13-17)22(14-16-7-3-1-4-8-16)15-26(18-9-5-2-6-10-18)21(27)23(22,28)25-20/h1,3-4,7-8,11-13,18,25,28H,2,5-6,9-10,14-15H2/t22-,23-/m0/s1. The Labute approximate surface area is 170 Å². The summed E-state index contributed by atoms with van der Waals surface area (Å²) in [4.78, 5) is 15.5. The van der Waals surface area contributed by atoms with Crippen molar-refractivity contribution in [2.24, 2.45) is 0 Å². The van der Waals surface area contributed by atoms with Gasteiger partial charge in [0.05, 0.1) is 5.41 Å². The van der Waals surface area contributed by atoms with Crippen LogP contribution in [0.1, 0.15) is 43.2 Å². The zero-order valence-electron chi connectivity index (χ0n) is 15.8. The van der Waals surface area contributed by atoms with Gasteiger partial charge in [-0.3, -0.25) is 4.79 Å². The lowest BCUT2D eigenvalue weighted by molar-refractivity contribution is -0.144. The van der Waals surface area contributed by atoms with E-state index >= 15 is 0 Å². The van der Waals surface area contributed by atoms with Crippen LogP contribution >= 0.6 is 11.6 Å². The minimum atomic E-state index is -1.63. The second-order valence-electron chi connectivity index (χ2n) is 8.49. The van der Waals surface area contributed by atoms with E-state index in [9.17, 15) is 9.90 Å². The molecule has 2 aliphatic heterocycles. The van der Waals surface area contributed by atoms with Crippen LogP contribution in [-0.2, 0) is 16.6 Å². The van der Waals surface area contributed by atoms with E-state index in [0.29, 0.717) is 18.0 Å². The summed E-state index contributed by atoms with van der Waals surface area (Å²) in [5.74, 6) is -0.192. The highest BCUT2D eigenvalue weighted by Gasteiger charge is 2.68. The summed E-state index contributed by atoms with van der Waals surface area (Å²) in [6.07, 6.45) is 6.15. The molecule has 1 aliphatic carbocycles. The number of nitrogens with one attached hydrogen (secondary N) is 1. The molecule has 2 aromatic rings. The van der Waals surface area contributed by atoms with Crippen molar-refractivity contribution in [3.8, 4) is 0 Å². The Balaban J connectivity index is 1.63. The molecular weight excluding hydrogens is 372 g/mol.